The van der Waals surface area contributed by atoms with Crippen molar-refractivity contribution >= 4 is 11.9 Å². The molecular weight excluding hydrogens is 184 g/mol. The lowest BCUT2D eigenvalue weighted by Crippen LogP contribution is -2.49. The monoisotopic (exact) mass is 200 g/mol. The number of carboxylic acids is 1. The maximum atomic E-state index is 11.6. The molecular formula is C9H16N2O3. The van der Waals surface area contributed by atoms with Crippen molar-refractivity contribution in [3.63, 3.8) is 0 Å². The van der Waals surface area contributed by atoms with E-state index in [1.807, 2.05) is 0 Å². The Labute approximate surface area is 82.9 Å². The van der Waals surface area contributed by atoms with E-state index in [0.29, 0.717) is 13.0 Å². The second kappa shape index (κ2) is 4.41. The van der Waals surface area contributed by atoms with Crippen LogP contribution in [0, 0.1) is 0 Å². The Hall–Kier alpha value is -1.10. The molecule has 1 aliphatic rings. The summed E-state index contributed by atoms with van der Waals surface area (Å²) >= 11 is 0. The summed E-state index contributed by atoms with van der Waals surface area (Å²) in [5.41, 5.74) is 5.62. The van der Waals surface area contributed by atoms with Crippen LogP contribution in [0.25, 0.3) is 0 Å². The van der Waals surface area contributed by atoms with Crippen LogP contribution in [0.15, 0.2) is 0 Å². The molecule has 0 bridgehead atoms. The lowest BCUT2D eigenvalue weighted by atomic mass is 10.1. The first-order chi connectivity index (χ1) is 6.54. The summed E-state index contributed by atoms with van der Waals surface area (Å²) in [6, 6.07) is -1.30. The normalized spacial score (nSPS) is 25.7. The predicted molar refractivity (Wildman–Crippen MR) is 50.6 cm³/mol. The minimum absolute atomic E-state index is 0.239. The number of nitrogens with two attached hydrogens (primary N) is 1. The van der Waals surface area contributed by atoms with Crippen molar-refractivity contribution in [3.8, 4) is 0 Å². The van der Waals surface area contributed by atoms with E-state index in [1.165, 1.54) is 11.8 Å². The van der Waals surface area contributed by atoms with E-state index in [1.54, 1.807) is 0 Å². The van der Waals surface area contributed by atoms with Crippen molar-refractivity contribution in [2.45, 2.75) is 38.3 Å². The quantitative estimate of drug-likeness (QED) is 0.646. The molecule has 2 atom stereocenters. The maximum Gasteiger partial charge on any atom is 0.326 e. The van der Waals surface area contributed by atoms with E-state index in [9.17, 15) is 9.59 Å². The molecule has 80 valence electrons. The van der Waals surface area contributed by atoms with Crippen LogP contribution < -0.4 is 5.73 Å². The lowest BCUT2D eigenvalue weighted by Gasteiger charge is -2.26. The van der Waals surface area contributed by atoms with Gasteiger partial charge in [-0.3, -0.25) is 4.79 Å². The first-order valence-corrected chi connectivity index (χ1v) is 4.83. The number of carbonyl (C=O) groups is 2. The third-order valence-corrected chi connectivity index (χ3v) is 2.59. The third-order valence-electron chi connectivity index (χ3n) is 2.59. The molecule has 14 heavy (non-hydrogen) atoms. The summed E-state index contributed by atoms with van der Waals surface area (Å²) in [6.45, 7) is 2.01. The molecule has 0 aromatic rings. The second-order valence-corrected chi connectivity index (χ2v) is 3.65. The average molecular weight is 200 g/mol. The number of hydrogen-bond acceptors (Lipinski definition) is 3. The first kappa shape index (κ1) is 11.0. The van der Waals surface area contributed by atoms with Crippen LogP contribution in [-0.2, 0) is 9.59 Å². The second-order valence-electron chi connectivity index (χ2n) is 3.65. The molecule has 0 spiro atoms. The van der Waals surface area contributed by atoms with E-state index < -0.39 is 18.1 Å². The van der Waals surface area contributed by atoms with Crippen molar-refractivity contribution in [1.82, 2.24) is 4.90 Å². The zero-order valence-corrected chi connectivity index (χ0v) is 8.27. The van der Waals surface area contributed by atoms with Gasteiger partial charge in [-0.05, 0) is 26.2 Å². The molecule has 0 aromatic heterocycles. The van der Waals surface area contributed by atoms with Gasteiger partial charge in [0.1, 0.15) is 6.04 Å². The molecule has 1 rings (SSSR count). The molecule has 1 fully saturated rings. The molecule has 1 aliphatic heterocycles. The highest BCUT2D eigenvalue weighted by Gasteiger charge is 2.30. The van der Waals surface area contributed by atoms with Gasteiger partial charge in [0.15, 0.2) is 0 Å². The number of aliphatic carboxylic acids is 1. The van der Waals surface area contributed by atoms with Gasteiger partial charge < -0.3 is 15.7 Å². The molecule has 0 radical (unpaired) electrons. The van der Waals surface area contributed by atoms with E-state index in [4.69, 9.17) is 10.8 Å². The summed E-state index contributed by atoms with van der Waals surface area (Å²) in [7, 11) is 0. The highest BCUT2D eigenvalue weighted by atomic mass is 16.4. The number of amides is 1. The molecule has 1 heterocycles. The molecule has 0 unspecified atom stereocenters. The lowest BCUT2D eigenvalue weighted by molar-refractivity contribution is -0.149. The Morgan fingerprint density at radius 2 is 2.29 bits per heavy atom. The van der Waals surface area contributed by atoms with Crippen molar-refractivity contribution in [2.75, 3.05) is 6.54 Å². The van der Waals surface area contributed by atoms with Crippen molar-refractivity contribution < 1.29 is 14.7 Å². The van der Waals surface area contributed by atoms with Crippen molar-refractivity contribution in [2.24, 2.45) is 5.73 Å². The fraction of sp³-hybridized carbons (Fsp3) is 0.778. The molecule has 0 saturated carbocycles. The van der Waals surface area contributed by atoms with Crippen LogP contribution in [0.2, 0.25) is 0 Å². The zero-order valence-electron chi connectivity index (χ0n) is 8.27. The number of carboxylic acid groups (broad SMARTS) is 1. The highest BCUT2D eigenvalue weighted by molar-refractivity contribution is 5.86. The van der Waals surface area contributed by atoms with Crippen LogP contribution in [0.4, 0.5) is 0 Å². The summed E-state index contributed by atoms with van der Waals surface area (Å²) < 4.78 is 0. The van der Waals surface area contributed by atoms with Crippen LogP contribution in [-0.4, -0.2) is 40.5 Å². The summed E-state index contributed by atoms with van der Waals surface area (Å²) in [5.74, 6) is -1.22. The average Bonchev–Trinajstić information content (AvgIpc) is 2.29. The molecule has 0 aliphatic carbocycles. The van der Waals surface area contributed by atoms with E-state index in [0.717, 1.165) is 12.8 Å². The van der Waals surface area contributed by atoms with Crippen LogP contribution in [0.3, 0.4) is 0 Å². The van der Waals surface area contributed by atoms with E-state index >= 15 is 0 Å². The minimum Gasteiger partial charge on any atom is -0.480 e. The molecule has 3 N–H and O–H groups in total. The number of hydrogen-bond donors (Lipinski definition) is 2. The fourth-order valence-corrected chi connectivity index (χ4v) is 1.61. The Kier molecular flexibility index (Phi) is 3.46. The first-order valence-electron chi connectivity index (χ1n) is 4.83. The largest absolute Gasteiger partial charge is 0.480 e. The van der Waals surface area contributed by atoms with Gasteiger partial charge in [0.05, 0.1) is 6.04 Å². The third kappa shape index (κ3) is 2.23. The van der Waals surface area contributed by atoms with Gasteiger partial charge in [-0.15, -0.1) is 0 Å². The molecule has 5 heteroatoms. The van der Waals surface area contributed by atoms with E-state index in [-0.39, 0.29) is 5.91 Å². The van der Waals surface area contributed by atoms with E-state index in [2.05, 4.69) is 0 Å². The SMILES string of the molecule is C[C@@H](C(=O)O)N1CCCC[C@H](N)C1=O. The van der Waals surface area contributed by atoms with Gasteiger partial charge in [-0.25, -0.2) is 4.79 Å². The molecule has 1 amide bonds. The summed E-state index contributed by atoms with van der Waals surface area (Å²) in [4.78, 5) is 23.7. The van der Waals surface area contributed by atoms with Crippen LogP contribution >= 0.6 is 0 Å². The van der Waals surface area contributed by atoms with Gasteiger partial charge in [0, 0.05) is 6.54 Å². The number of nitrogens with zero attached hydrogens (tertiary/aromatic N) is 1. The van der Waals surface area contributed by atoms with Crippen LogP contribution in [0.5, 0.6) is 0 Å². The van der Waals surface area contributed by atoms with Crippen molar-refractivity contribution in [1.29, 1.82) is 0 Å². The molecule has 5 nitrogen and oxygen atoms in total. The summed E-state index contributed by atoms with van der Waals surface area (Å²) in [5, 5.41) is 8.80. The zero-order chi connectivity index (χ0) is 10.7. The van der Waals surface area contributed by atoms with Gasteiger partial charge in [-0.2, -0.15) is 0 Å². The van der Waals surface area contributed by atoms with Gasteiger partial charge in [0.2, 0.25) is 5.91 Å². The molecule has 0 aromatic carbocycles. The van der Waals surface area contributed by atoms with Gasteiger partial charge in [-0.1, -0.05) is 0 Å². The number of likely N-dealkylation sites (tertiary alicyclic amines) is 1. The van der Waals surface area contributed by atoms with Gasteiger partial charge >= 0.3 is 5.97 Å². The van der Waals surface area contributed by atoms with Gasteiger partial charge in [0.25, 0.3) is 0 Å². The Morgan fingerprint density at radius 3 is 2.86 bits per heavy atom. The smallest absolute Gasteiger partial charge is 0.326 e. The maximum absolute atomic E-state index is 11.6. The Balaban J connectivity index is 2.74. The Morgan fingerprint density at radius 1 is 1.64 bits per heavy atom. The van der Waals surface area contributed by atoms with Crippen LogP contribution in [0.1, 0.15) is 26.2 Å². The minimum atomic E-state index is -0.979. The fourth-order valence-electron chi connectivity index (χ4n) is 1.61. The number of rotatable bonds is 2. The Bertz CT molecular complexity index is 242. The number of carbonyl (C=O) groups excluding carboxylic acids is 1. The standard InChI is InChI=1S/C9H16N2O3/c1-6(9(13)14)11-5-3-2-4-7(10)8(11)12/h6-7H,2-5,10H2,1H3,(H,13,14)/t6-,7-/m0/s1. The molecule has 1 saturated heterocycles. The van der Waals surface area contributed by atoms with Crippen molar-refractivity contribution in [3.05, 3.63) is 0 Å². The predicted octanol–water partition coefficient (Wildman–Crippen LogP) is -0.201. The summed E-state index contributed by atoms with van der Waals surface area (Å²) in [6.07, 6.45) is 2.37. The topological polar surface area (TPSA) is 83.6 Å². The highest BCUT2D eigenvalue weighted by Crippen LogP contribution is 2.13.